The van der Waals surface area contributed by atoms with Crippen LogP contribution in [0.3, 0.4) is 0 Å². The predicted molar refractivity (Wildman–Crippen MR) is 83.0 cm³/mol. The molecule has 0 fully saturated rings. The molecule has 1 heterocycles. The zero-order valence-electron chi connectivity index (χ0n) is 9.79. The van der Waals surface area contributed by atoms with Gasteiger partial charge in [0.2, 0.25) is 0 Å². The van der Waals surface area contributed by atoms with Gasteiger partial charge in [0.1, 0.15) is 5.03 Å². The lowest BCUT2D eigenvalue weighted by Crippen LogP contribution is -2.03. The molecule has 2 rings (SSSR count). The van der Waals surface area contributed by atoms with Crippen LogP contribution in [0.25, 0.3) is 0 Å². The molecule has 2 aromatic rings. The Morgan fingerprint density at radius 2 is 1.94 bits per heavy atom. The van der Waals surface area contributed by atoms with Gasteiger partial charge in [0, 0.05) is 17.9 Å². The monoisotopic (exact) mass is 295 g/mol. The second kappa shape index (κ2) is 7.07. The minimum Gasteiger partial charge on any atom is -0.248 e. The fraction of sp³-hybridized carbons (Fsp3) is 0.214. The summed E-state index contributed by atoms with van der Waals surface area (Å²) in [6.45, 7) is 0. The summed E-state index contributed by atoms with van der Waals surface area (Å²) >= 11 is 12.2. The van der Waals surface area contributed by atoms with E-state index in [1.807, 2.05) is 18.2 Å². The lowest BCUT2D eigenvalue weighted by Gasteiger charge is -2.14. The molecular weight excluding hydrogens is 282 g/mol. The second-order valence-electron chi connectivity index (χ2n) is 3.89. The second-order valence-corrected chi connectivity index (χ2v) is 5.67. The Hall–Kier alpha value is -0.640. The average molecular weight is 296 g/mol. The molecule has 4 heteroatoms. The van der Waals surface area contributed by atoms with Crippen molar-refractivity contribution in [3.8, 4) is 0 Å². The first-order valence-corrected chi connectivity index (χ1v) is 7.70. The molecule has 1 aromatic carbocycles. The highest BCUT2D eigenvalue weighted by atomic mass is 35.5. The van der Waals surface area contributed by atoms with Gasteiger partial charge in [-0.2, -0.15) is 12.6 Å². The van der Waals surface area contributed by atoms with Crippen LogP contribution in [0.5, 0.6) is 0 Å². The van der Waals surface area contributed by atoms with Gasteiger partial charge in [-0.1, -0.05) is 41.9 Å². The van der Waals surface area contributed by atoms with Crippen LogP contribution in [0.15, 0.2) is 53.7 Å². The molecule has 0 aliphatic rings. The van der Waals surface area contributed by atoms with Gasteiger partial charge in [-0.3, -0.25) is 0 Å². The quantitative estimate of drug-likeness (QED) is 0.642. The van der Waals surface area contributed by atoms with Crippen LogP contribution < -0.4 is 0 Å². The molecule has 0 saturated heterocycles. The van der Waals surface area contributed by atoms with Crippen LogP contribution in [-0.2, 0) is 0 Å². The molecule has 0 N–H and O–H groups in total. The Labute approximate surface area is 122 Å². The van der Waals surface area contributed by atoms with Crippen LogP contribution in [0, 0.1) is 0 Å². The summed E-state index contributed by atoms with van der Waals surface area (Å²) in [5.41, 5.74) is 1.31. The van der Waals surface area contributed by atoms with Gasteiger partial charge in [0.25, 0.3) is 0 Å². The third kappa shape index (κ3) is 3.67. The predicted octanol–water partition coefficient (Wildman–Crippen LogP) is 4.54. The van der Waals surface area contributed by atoms with Crippen molar-refractivity contribution in [3.05, 3.63) is 59.2 Å². The number of rotatable bonds is 5. The van der Waals surface area contributed by atoms with Crippen LogP contribution >= 0.6 is 36.0 Å². The Kier molecular flexibility index (Phi) is 5.42. The van der Waals surface area contributed by atoms with Crippen molar-refractivity contribution in [2.24, 2.45) is 0 Å². The largest absolute Gasteiger partial charge is 0.248 e. The number of nitrogens with zero attached hydrogens (tertiary/aromatic N) is 1. The summed E-state index contributed by atoms with van der Waals surface area (Å²) in [5, 5.41) is 1.61. The molecule has 0 radical (unpaired) electrons. The first kappa shape index (κ1) is 13.8. The van der Waals surface area contributed by atoms with E-state index >= 15 is 0 Å². The summed E-state index contributed by atoms with van der Waals surface area (Å²) in [7, 11) is 0. The SMILES string of the molecule is SCC(CSc1ncccc1Cl)c1ccccc1. The van der Waals surface area contributed by atoms with Gasteiger partial charge in [0.05, 0.1) is 5.02 Å². The summed E-state index contributed by atoms with van der Waals surface area (Å²) < 4.78 is 0. The summed E-state index contributed by atoms with van der Waals surface area (Å²) in [6, 6.07) is 14.1. The van der Waals surface area contributed by atoms with E-state index in [2.05, 4.69) is 41.9 Å². The molecule has 0 saturated carbocycles. The average Bonchev–Trinajstić information content (AvgIpc) is 2.42. The lowest BCUT2D eigenvalue weighted by molar-refractivity contribution is 0.896. The van der Waals surface area contributed by atoms with Gasteiger partial charge in [-0.05, 0) is 23.4 Å². The third-order valence-electron chi connectivity index (χ3n) is 2.64. The van der Waals surface area contributed by atoms with E-state index in [1.165, 1.54) is 5.56 Å². The van der Waals surface area contributed by atoms with E-state index in [1.54, 1.807) is 18.0 Å². The summed E-state index contributed by atoms with van der Waals surface area (Å²) in [5.74, 6) is 2.17. The Bertz CT molecular complexity index is 490. The van der Waals surface area contributed by atoms with E-state index in [-0.39, 0.29) is 0 Å². The number of aromatic nitrogens is 1. The fourth-order valence-electron chi connectivity index (χ4n) is 1.64. The van der Waals surface area contributed by atoms with Crippen molar-refractivity contribution in [3.63, 3.8) is 0 Å². The van der Waals surface area contributed by atoms with Crippen LogP contribution in [0.2, 0.25) is 5.02 Å². The van der Waals surface area contributed by atoms with Crippen molar-refractivity contribution in [2.45, 2.75) is 10.9 Å². The Balaban J connectivity index is 2.02. The number of halogens is 1. The first-order chi connectivity index (χ1) is 8.81. The molecule has 0 spiro atoms. The molecule has 1 nitrogen and oxygen atoms in total. The van der Waals surface area contributed by atoms with Crippen molar-refractivity contribution < 1.29 is 0 Å². The zero-order valence-corrected chi connectivity index (χ0v) is 12.3. The molecule has 1 unspecified atom stereocenters. The standard InChI is InChI=1S/C14H14ClNS2/c15-13-7-4-8-16-14(13)18-10-12(9-17)11-5-2-1-3-6-11/h1-8,12,17H,9-10H2. The molecule has 94 valence electrons. The minimum atomic E-state index is 0.414. The molecule has 0 bridgehead atoms. The fourth-order valence-corrected chi connectivity index (χ4v) is 3.45. The van der Waals surface area contributed by atoms with E-state index < -0.39 is 0 Å². The molecule has 0 amide bonds. The van der Waals surface area contributed by atoms with Gasteiger partial charge >= 0.3 is 0 Å². The Morgan fingerprint density at radius 1 is 1.17 bits per heavy atom. The highest BCUT2D eigenvalue weighted by Crippen LogP contribution is 2.29. The van der Waals surface area contributed by atoms with Crippen molar-refractivity contribution in [1.29, 1.82) is 0 Å². The van der Waals surface area contributed by atoms with E-state index in [0.717, 1.165) is 16.5 Å². The highest BCUT2D eigenvalue weighted by molar-refractivity contribution is 7.99. The van der Waals surface area contributed by atoms with E-state index in [4.69, 9.17) is 11.6 Å². The molecule has 18 heavy (non-hydrogen) atoms. The van der Waals surface area contributed by atoms with Gasteiger partial charge in [-0.25, -0.2) is 4.98 Å². The minimum absolute atomic E-state index is 0.414. The molecule has 0 aliphatic heterocycles. The number of thiol groups is 1. The maximum atomic E-state index is 6.09. The van der Waals surface area contributed by atoms with Crippen molar-refractivity contribution >= 4 is 36.0 Å². The number of hydrogen-bond acceptors (Lipinski definition) is 3. The van der Waals surface area contributed by atoms with Crippen LogP contribution in [0.1, 0.15) is 11.5 Å². The number of hydrogen-bond donors (Lipinski definition) is 1. The van der Waals surface area contributed by atoms with Gasteiger partial charge in [0.15, 0.2) is 0 Å². The smallest absolute Gasteiger partial charge is 0.115 e. The highest BCUT2D eigenvalue weighted by Gasteiger charge is 2.11. The van der Waals surface area contributed by atoms with Crippen molar-refractivity contribution in [1.82, 2.24) is 4.98 Å². The van der Waals surface area contributed by atoms with Crippen molar-refractivity contribution in [2.75, 3.05) is 11.5 Å². The van der Waals surface area contributed by atoms with E-state index in [9.17, 15) is 0 Å². The molecular formula is C14H14ClNS2. The lowest BCUT2D eigenvalue weighted by atomic mass is 10.0. The van der Waals surface area contributed by atoms with Crippen LogP contribution in [0.4, 0.5) is 0 Å². The molecule has 1 atom stereocenters. The Morgan fingerprint density at radius 3 is 2.61 bits per heavy atom. The normalized spacial score (nSPS) is 12.3. The number of pyridine rings is 1. The third-order valence-corrected chi connectivity index (χ3v) is 4.66. The maximum Gasteiger partial charge on any atom is 0.115 e. The maximum absolute atomic E-state index is 6.09. The topological polar surface area (TPSA) is 12.9 Å². The summed E-state index contributed by atoms with van der Waals surface area (Å²) in [4.78, 5) is 4.28. The van der Waals surface area contributed by atoms with E-state index in [0.29, 0.717) is 10.9 Å². The van der Waals surface area contributed by atoms with Gasteiger partial charge < -0.3 is 0 Å². The summed E-state index contributed by atoms with van der Waals surface area (Å²) in [6.07, 6.45) is 1.77. The van der Waals surface area contributed by atoms with Gasteiger partial charge in [-0.15, -0.1) is 11.8 Å². The zero-order chi connectivity index (χ0) is 12.8. The molecule has 1 aromatic heterocycles. The number of benzene rings is 1. The first-order valence-electron chi connectivity index (χ1n) is 5.70. The molecule has 0 aliphatic carbocycles. The number of thioether (sulfide) groups is 1. The van der Waals surface area contributed by atoms with Crippen LogP contribution in [-0.4, -0.2) is 16.5 Å².